The highest BCUT2D eigenvalue weighted by Crippen LogP contribution is 2.44. The Morgan fingerprint density at radius 1 is 1.03 bits per heavy atom. The summed E-state index contributed by atoms with van der Waals surface area (Å²) >= 11 is 0. The monoisotopic (exact) mass is 451 g/mol. The van der Waals surface area contributed by atoms with Crippen LogP contribution in [0.15, 0.2) is 60.7 Å². The van der Waals surface area contributed by atoms with Gasteiger partial charge < -0.3 is 20.3 Å². The average molecular weight is 452 g/mol. The van der Waals surface area contributed by atoms with Crippen LogP contribution in [-0.4, -0.2) is 43.8 Å². The van der Waals surface area contributed by atoms with E-state index in [0.717, 1.165) is 35.6 Å². The first-order valence-corrected chi connectivity index (χ1v) is 11.7. The molecule has 0 aromatic heterocycles. The Labute approximate surface area is 201 Å². The Morgan fingerprint density at radius 2 is 1.65 bits per heavy atom. The highest BCUT2D eigenvalue weighted by Gasteiger charge is 2.30. The maximum Gasteiger partial charge on any atom is 0.409 e. The van der Waals surface area contributed by atoms with Crippen molar-refractivity contribution < 1.29 is 9.53 Å². The second kappa shape index (κ2) is 9.15. The zero-order valence-corrected chi connectivity index (χ0v) is 19.5. The van der Waals surface area contributed by atoms with E-state index in [1.807, 2.05) is 25.1 Å². The Morgan fingerprint density at radius 3 is 2.26 bits per heavy atom. The first kappa shape index (κ1) is 21.9. The number of fused-ring (bicyclic) bond motifs is 3. The summed E-state index contributed by atoms with van der Waals surface area (Å²) in [5.74, 6) is 2.78. The third-order valence-corrected chi connectivity index (χ3v) is 7.07. The second-order valence-corrected chi connectivity index (χ2v) is 8.98. The summed E-state index contributed by atoms with van der Waals surface area (Å²) in [6.07, 6.45) is 5.83. The molecular formula is C29H29N3O2. The second-order valence-electron chi connectivity index (χ2n) is 8.98. The molecule has 1 fully saturated rings. The fraction of sp³-hybridized carbons (Fsp3) is 0.276. The summed E-state index contributed by atoms with van der Waals surface area (Å²) in [5.41, 5.74) is 15.1. The van der Waals surface area contributed by atoms with Gasteiger partial charge in [0.2, 0.25) is 0 Å². The van der Waals surface area contributed by atoms with E-state index in [0.29, 0.717) is 26.1 Å². The number of carbonyl (C=O) groups excluding carboxylic acids is 1. The molecule has 2 aliphatic rings. The molecule has 1 heterocycles. The van der Waals surface area contributed by atoms with E-state index in [9.17, 15) is 4.79 Å². The molecule has 172 valence electrons. The fourth-order valence-corrected chi connectivity index (χ4v) is 5.09. The van der Waals surface area contributed by atoms with Crippen molar-refractivity contribution in [1.82, 2.24) is 4.90 Å². The van der Waals surface area contributed by atoms with Gasteiger partial charge >= 0.3 is 6.09 Å². The maximum absolute atomic E-state index is 12.9. The van der Waals surface area contributed by atoms with Crippen molar-refractivity contribution in [1.29, 1.82) is 0 Å². The predicted molar refractivity (Wildman–Crippen MR) is 137 cm³/mol. The van der Waals surface area contributed by atoms with Gasteiger partial charge in [0.05, 0.1) is 0 Å². The van der Waals surface area contributed by atoms with E-state index < -0.39 is 0 Å². The minimum Gasteiger partial charge on any atom is -0.448 e. The lowest BCUT2D eigenvalue weighted by molar-refractivity contribution is 0.0977. The Bertz CT molecular complexity index is 1220. The highest BCUT2D eigenvalue weighted by molar-refractivity contribution is 5.79. The molecule has 1 aliphatic carbocycles. The Hall–Kier alpha value is -3.91. The summed E-state index contributed by atoms with van der Waals surface area (Å²) in [4.78, 5) is 17.0. The lowest BCUT2D eigenvalue weighted by atomic mass is 9.98. The normalized spacial score (nSPS) is 14.9. The number of piperazine rings is 1. The van der Waals surface area contributed by atoms with Gasteiger partial charge in [-0.25, -0.2) is 4.79 Å². The lowest BCUT2D eigenvalue weighted by Crippen LogP contribution is -2.49. The van der Waals surface area contributed by atoms with Gasteiger partial charge in [-0.05, 0) is 52.4 Å². The van der Waals surface area contributed by atoms with E-state index in [-0.39, 0.29) is 12.0 Å². The zero-order chi connectivity index (χ0) is 23.7. The zero-order valence-electron chi connectivity index (χ0n) is 19.5. The summed E-state index contributed by atoms with van der Waals surface area (Å²) in [6, 6.07) is 20.9. The number of hydrogen-bond donors (Lipinski definition) is 1. The number of nitrogens with zero attached hydrogens (tertiary/aromatic N) is 2. The number of anilines is 2. The van der Waals surface area contributed by atoms with E-state index in [4.69, 9.17) is 16.9 Å². The van der Waals surface area contributed by atoms with Crippen LogP contribution in [0.5, 0.6) is 0 Å². The number of benzene rings is 3. The van der Waals surface area contributed by atoms with Crippen LogP contribution in [0.2, 0.25) is 0 Å². The smallest absolute Gasteiger partial charge is 0.409 e. The molecule has 2 N–H and O–H groups in total. The number of nitrogens with two attached hydrogens (primary N) is 1. The summed E-state index contributed by atoms with van der Waals surface area (Å²) in [7, 11) is 0. The van der Waals surface area contributed by atoms with Gasteiger partial charge in [0.15, 0.2) is 0 Å². The predicted octanol–water partition coefficient (Wildman–Crippen LogP) is 4.82. The molecule has 0 bridgehead atoms. The molecule has 1 amide bonds. The van der Waals surface area contributed by atoms with E-state index in [1.54, 1.807) is 4.90 Å². The topological polar surface area (TPSA) is 58.8 Å². The molecule has 3 aromatic carbocycles. The van der Waals surface area contributed by atoms with Crippen molar-refractivity contribution in [3.05, 3.63) is 82.9 Å². The number of ether oxygens (including phenoxy) is 1. The number of rotatable bonds is 4. The van der Waals surface area contributed by atoms with Crippen LogP contribution in [0.25, 0.3) is 11.1 Å². The van der Waals surface area contributed by atoms with Crippen LogP contribution in [0.4, 0.5) is 16.2 Å². The van der Waals surface area contributed by atoms with E-state index >= 15 is 0 Å². The van der Waals surface area contributed by atoms with Crippen molar-refractivity contribution in [2.75, 3.05) is 43.4 Å². The van der Waals surface area contributed by atoms with Gasteiger partial charge in [0, 0.05) is 49.9 Å². The number of amides is 1. The van der Waals surface area contributed by atoms with Crippen LogP contribution in [0.1, 0.15) is 28.2 Å². The van der Waals surface area contributed by atoms with Gasteiger partial charge in [-0.15, -0.1) is 12.3 Å². The number of carbonyl (C=O) groups is 1. The van der Waals surface area contributed by atoms with E-state index in [2.05, 4.69) is 53.3 Å². The maximum atomic E-state index is 12.9. The molecule has 5 heteroatoms. The molecule has 3 aromatic rings. The number of nitrogen functional groups attached to an aromatic ring is 1. The molecule has 0 unspecified atom stereocenters. The van der Waals surface area contributed by atoms with Crippen molar-refractivity contribution in [3.8, 4) is 23.5 Å². The highest BCUT2D eigenvalue weighted by atomic mass is 16.6. The molecule has 0 spiro atoms. The SMILES string of the molecule is C#CCc1cc(N2CCN(C(=O)OCC3c4ccccc4-c4ccccc43)CC2)cc(N)c1C. The van der Waals surface area contributed by atoms with E-state index in [1.165, 1.54) is 22.3 Å². The molecule has 1 saturated heterocycles. The van der Waals surface area contributed by atoms with Crippen LogP contribution >= 0.6 is 0 Å². The third kappa shape index (κ3) is 3.97. The lowest BCUT2D eigenvalue weighted by Gasteiger charge is -2.36. The van der Waals surface area contributed by atoms with Gasteiger partial charge in [-0.1, -0.05) is 48.5 Å². The summed E-state index contributed by atoms with van der Waals surface area (Å²) in [5, 5.41) is 0. The fourth-order valence-electron chi connectivity index (χ4n) is 5.09. The Balaban J connectivity index is 1.22. The number of hydrogen-bond acceptors (Lipinski definition) is 4. The first-order chi connectivity index (χ1) is 16.6. The summed E-state index contributed by atoms with van der Waals surface area (Å²) < 4.78 is 5.83. The van der Waals surface area contributed by atoms with Crippen LogP contribution in [-0.2, 0) is 11.2 Å². The quantitative estimate of drug-likeness (QED) is 0.456. The summed E-state index contributed by atoms with van der Waals surface area (Å²) in [6.45, 7) is 5.01. The molecule has 1 aliphatic heterocycles. The molecule has 0 radical (unpaired) electrons. The number of terminal acetylenes is 1. The van der Waals surface area contributed by atoms with Gasteiger partial charge in [0.25, 0.3) is 0 Å². The van der Waals surface area contributed by atoms with Gasteiger partial charge in [0.1, 0.15) is 6.61 Å². The first-order valence-electron chi connectivity index (χ1n) is 11.7. The van der Waals surface area contributed by atoms with Crippen molar-refractivity contribution in [3.63, 3.8) is 0 Å². The molecule has 5 rings (SSSR count). The van der Waals surface area contributed by atoms with Gasteiger partial charge in [-0.2, -0.15) is 0 Å². The van der Waals surface area contributed by atoms with Crippen LogP contribution in [0.3, 0.4) is 0 Å². The Kier molecular flexibility index (Phi) is 5.90. The molecule has 0 saturated carbocycles. The van der Waals surface area contributed by atoms with Crippen LogP contribution in [0, 0.1) is 19.3 Å². The van der Waals surface area contributed by atoms with Crippen molar-refractivity contribution in [2.45, 2.75) is 19.3 Å². The average Bonchev–Trinajstić information content (AvgIpc) is 3.19. The minimum absolute atomic E-state index is 0.0720. The third-order valence-electron chi connectivity index (χ3n) is 7.07. The largest absolute Gasteiger partial charge is 0.448 e. The standard InChI is InChI=1S/C29H29N3O2/c1-3-8-21-17-22(18-28(30)20(21)2)31-13-15-32(16-14-31)29(33)34-19-27-25-11-6-4-9-23(25)24-10-5-7-12-26(24)27/h1,4-7,9-12,17-18,27H,8,13-16,19,30H2,2H3. The molecule has 0 atom stereocenters. The minimum atomic E-state index is -0.252. The van der Waals surface area contributed by atoms with Crippen molar-refractivity contribution in [2.24, 2.45) is 0 Å². The van der Waals surface area contributed by atoms with Crippen LogP contribution < -0.4 is 10.6 Å². The molecular weight excluding hydrogens is 422 g/mol. The molecule has 5 nitrogen and oxygen atoms in total. The van der Waals surface area contributed by atoms with Crippen molar-refractivity contribution >= 4 is 17.5 Å². The van der Waals surface area contributed by atoms with Gasteiger partial charge in [-0.3, -0.25) is 0 Å². The molecule has 34 heavy (non-hydrogen) atoms.